The zero-order chi connectivity index (χ0) is 27.2. The van der Waals surface area contributed by atoms with Crippen molar-refractivity contribution in [2.24, 2.45) is 0 Å². The molecule has 0 unspecified atom stereocenters. The Morgan fingerprint density at radius 2 is 1.78 bits per heavy atom. The van der Waals surface area contributed by atoms with Gasteiger partial charge < -0.3 is 9.16 Å². The second-order valence-electron chi connectivity index (χ2n) is 12.6. The van der Waals surface area contributed by atoms with E-state index < -0.39 is 20.0 Å². The molecular formula is C29H40N4O3Si. The predicted molar refractivity (Wildman–Crippen MR) is 150 cm³/mol. The lowest BCUT2D eigenvalue weighted by Gasteiger charge is -2.36. The smallest absolute Gasteiger partial charge is 0.412 e. The first-order valence-corrected chi connectivity index (χ1v) is 15.9. The van der Waals surface area contributed by atoms with Crippen LogP contribution in [0.1, 0.15) is 82.6 Å². The van der Waals surface area contributed by atoms with E-state index in [0.717, 1.165) is 40.1 Å². The summed E-state index contributed by atoms with van der Waals surface area (Å²) in [6.45, 7) is 19.4. The lowest BCUT2D eigenvalue weighted by Crippen LogP contribution is -2.40. The summed E-state index contributed by atoms with van der Waals surface area (Å²) >= 11 is 0. The van der Waals surface area contributed by atoms with Gasteiger partial charge in [-0.2, -0.15) is 0 Å². The number of nitrogens with zero attached hydrogens (tertiary/aromatic N) is 3. The molecule has 1 aliphatic rings. The average Bonchev–Trinajstić information content (AvgIpc) is 3.56. The Morgan fingerprint density at radius 3 is 2.43 bits per heavy atom. The minimum atomic E-state index is -1.95. The van der Waals surface area contributed by atoms with E-state index in [1.54, 1.807) is 0 Å². The molecule has 0 bridgehead atoms. The van der Waals surface area contributed by atoms with E-state index in [9.17, 15) is 4.79 Å². The van der Waals surface area contributed by atoms with E-state index in [4.69, 9.17) is 14.1 Å². The largest absolute Gasteiger partial charge is 0.444 e. The number of pyridine rings is 1. The quantitative estimate of drug-likeness (QED) is 0.339. The number of amides is 1. The van der Waals surface area contributed by atoms with Crippen molar-refractivity contribution in [1.82, 2.24) is 15.0 Å². The molecular weight excluding hydrogens is 480 g/mol. The summed E-state index contributed by atoms with van der Waals surface area (Å²) in [7, 11) is -1.95. The topological polar surface area (TPSA) is 86.2 Å². The zero-order valence-corrected chi connectivity index (χ0v) is 24.6. The van der Waals surface area contributed by atoms with Crippen LogP contribution in [0.15, 0.2) is 36.5 Å². The lowest BCUT2D eigenvalue weighted by atomic mass is 10.1. The van der Waals surface area contributed by atoms with Crippen LogP contribution in [0.25, 0.3) is 10.9 Å². The number of hydrogen-bond acceptors (Lipinski definition) is 6. The average molecular weight is 521 g/mol. The van der Waals surface area contributed by atoms with Gasteiger partial charge in [0, 0.05) is 40.5 Å². The first-order valence-electron chi connectivity index (χ1n) is 13.0. The molecule has 0 aliphatic heterocycles. The van der Waals surface area contributed by atoms with E-state index in [0.29, 0.717) is 12.3 Å². The second-order valence-corrected chi connectivity index (χ2v) is 17.4. The third kappa shape index (κ3) is 6.54. The van der Waals surface area contributed by atoms with Gasteiger partial charge in [0.05, 0.1) is 12.1 Å². The molecule has 3 aromatic rings. The highest BCUT2D eigenvalue weighted by molar-refractivity contribution is 6.74. The summed E-state index contributed by atoms with van der Waals surface area (Å²) in [4.78, 5) is 26.6. The Hall–Kier alpha value is -2.84. The van der Waals surface area contributed by atoms with Crippen molar-refractivity contribution in [1.29, 1.82) is 0 Å². The number of aryl methyl sites for hydroxylation is 1. The van der Waals surface area contributed by atoms with Gasteiger partial charge in [0.25, 0.3) is 0 Å². The molecule has 2 aromatic heterocycles. The van der Waals surface area contributed by atoms with Gasteiger partial charge in [0.1, 0.15) is 11.4 Å². The Labute approximate surface area is 221 Å². The molecule has 1 aromatic carbocycles. The number of benzene rings is 1. The zero-order valence-electron chi connectivity index (χ0n) is 23.6. The van der Waals surface area contributed by atoms with Crippen LogP contribution in [0.3, 0.4) is 0 Å². The van der Waals surface area contributed by atoms with Gasteiger partial charge in [-0.3, -0.25) is 10.3 Å². The number of ether oxygens (including phenoxy) is 1. The Kier molecular flexibility index (Phi) is 7.20. The highest BCUT2D eigenvalue weighted by Gasteiger charge is 2.43. The van der Waals surface area contributed by atoms with Crippen molar-refractivity contribution < 1.29 is 14.0 Å². The van der Waals surface area contributed by atoms with Crippen LogP contribution in [0.4, 0.5) is 10.5 Å². The van der Waals surface area contributed by atoms with E-state index in [1.807, 2.05) is 58.2 Å². The Bertz CT molecular complexity index is 1310. The van der Waals surface area contributed by atoms with Gasteiger partial charge in [-0.15, -0.1) is 0 Å². The number of carbonyl (C=O) groups excluding carboxylic acids is 1. The molecule has 198 valence electrons. The van der Waals surface area contributed by atoms with E-state index in [1.165, 1.54) is 0 Å². The molecule has 7 nitrogen and oxygen atoms in total. The SMILES string of the molecule is Cc1ccnc([C@H]2C[C@@H]2c2cc(CO[Si](C)(C)C(C)(C)C)c3ccc(NC(=O)OC(C)(C)C)cc3n2)n1. The van der Waals surface area contributed by atoms with Crippen molar-refractivity contribution in [2.75, 3.05) is 5.32 Å². The van der Waals surface area contributed by atoms with Gasteiger partial charge in [-0.25, -0.2) is 14.8 Å². The van der Waals surface area contributed by atoms with Gasteiger partial charge in [0.2, 0.25) is 0 Å². The molecule has 0 saturated heterocycles. The third-order valence-corrected chi connectivity index (χ3v) is 11.7. The molecule has 4 rings (SSSR count). The lowest BCUT2D eigenvalue weighted by molar-refractivity contribution is 0.0636. The van der Waals surface area contributed by atoms with E-state index in [-0.39, 0.29) is 16.9 Å². The Balaban J connectivity index is 1.67. The molecule has 2 atom stereocenters. The van der Waals surface area contributed by atoms with Crippen LogP contribution in [-0.4, -0.2) is 35.0 Å². The molecule has 1 N–H and O–H groups in total. The number of nitrogens with one attached hydrogen (secondary N) is 1. The van der Waals surface area contributed by atoms with E-state index in [2.05, 4.69) is 55.2 Å². The molecule has 1 aliphatic carbocycles. The number of carbonyl (C=O) groups is 1. The summed E-state index contributed by atoms with van der Waals surface area (Å²) < 4.78 is 12.0. The van der Waals surface area contributed by atoms with Gasteiger partial charge >= 0.3 is 6.09 Å². The molecule has 2 heterocycles. The van der Waals surface area contributed by atoms with Crippen LogP contribution in [0.2, 0.25) is 18.1 Å². The van der Waals surface area contributed by atoms with Crippen molar-refractivity contribution in [3.63, 3.8) is 0 Å². The summed E-state index contributed by atoms with van der Waals surface area (Å²) in [5.41, 5.74) is 4.02. The molecule has 8 heteroatoms. The van der Waals surface area contributed by atoms with Crippen LogP contribution in [-0.2, 0) is 15.8 Å². The first kappa shape index (κ1) is 27.2. The standard InChI is InChI=1S/C29H40N4O3Si/c1-18-12-13-30-26(31-18)23-16-22(23)24-14-19(17-35-37(8,9)29(5,6)7)21-11-10-20(15-25(21)33-24)32-27(34)36-28(2,3)4/h10-15,22-23H,16-17H2,1-9H3,(H,32,34)/t22-,23-/m0/s1. The predicted octanol–water partition coefficient (Wildman–Crippen LogP) is 7.47. The summed E-state index contributed by atoms with van der Waals surface area (Å²) in [5, 5.41) is 3.99. The fraction of sp³-hybridized carbons (Fsp3) is 0.517. The fourth-order valence-electron chi connectivity index (χ4n) is 4.06. The molecule has 37 heavy (non-hydrogen) atoms. The van der Waals surface area contributed by atoms with E-state index >= 15 is 0 Å². The Morgan fingerprint density at radius 1 is 1.05 bits per heavy atom. The minimum absolute atomic E-state index is 0.118. The highest BCUT2D eigenvalue weighted by Crippen LogP contribution is 2.53. The molecule has 1 amide bonds. The number of aromatic nitrogens is 3. The maximum Gasteiger partial charge on any atom is 0.412 e. The monoisotopic (exact) mass is 520 g/mol. The molecule has 1 fully saturated rings. The summed E-state index contributed by atoms with van der Waals surface area (Å²) in [6, 6.07) is 9.93. The summed E-state index contributed by atoms with van der Waals surface area (Å²) in [6.07, 6.45) is 2.32. The fourth-order valence-corrected chi connectivity index (χ4v) is 5.01. The number of fused-ring (bicyclic) bond motifs is 1. The highest BCUT2D eigenvalue weighted by atomic mass is 28.4. The minimum Gasteiger partial charge on any atom is -0.444 e. The third-order valence-electron chi connectivity index (χ3n) is 7.27. The molecule has 1 saturated carbocycles. The molecule has 0 radical (unpaired) electrons. The number of rotatable bonds is 6. The number of anilines is 1. The van der Waals surface area contributed by atoms with Crippen molar-refractivity contribution >= 4 is 31.0 Å². The van der Waals surface area contributed by atoms with Gasteiger partial charge in [0.15, 0.2) is 8.32 Å². The second kappa shape index (κ2) is 9.80. The van der Waals surface area contributed by atoms with Crippen LogP contribution < -0.4 is 5.32 Å². The maximum absolute atomic E-state index is 12.4. The van der Waals surface area contributed by atoms with Crippen LogP contribution in [0.5, 0.6) is 0 Å². The first-order chi connectivity index (χ1) is 17.1. The van der Waals surface area contributed by atoms with Crippen LogP contribution >= 0.6 is 0 Å². The van der Waals surface area contributed by atoms with Crippen LogP contribution in [0, 0.1) is 6.92 Å². The van der Waals surface area contributed by atoms with Gasteiger partial charge in [-0.05, 0) is 82.1 Å². The van der Waals surface area contributed by atoms with Crippen molar-refractivity contribution in [2.45, 2.75) is 97.1 Å². The number of hydrogen-bond donors (Lipinski definition) is 1. The van der Waals surface area contributed by atoms with Crippen molar-refractivity contribution in [3.8, 4) is 0 Å². The maximum atomic E-state index is 12.4. The molecule has 0 spiro atoms. The normalized spacial score (nSPS) is 18.1. The van der Waals surface area contributed by atoms with Crippen molar-refractivity contribution in [3.05, 3.63) is 59.3 Å². The van der Waals surface area contributed by atoms with Gasteiger partial charge in [-0.1, -0.05) is 26.8 Å². The summed E-state index contributed by atoms with van der Waals surface area (Å²) in [5.74, 6) is 1.41.